The van der Waals surface area contributed by atoms with Crippen LogP contribution in [0.5, 0.6) is 11.5 Å². The first-order valence-electron chi connectivity index (χ1n) is 10.3. The number of hydrogen-bond donors (Lipinski definition) is 2. The molecule has 1 fully saturated rings. The Morgan fingerprint density at radius 1 is 1.07 bits per heavy atom. The Hall–Kier alpha value is -2.16. The second-order valence-corrected chi connectivity index (χ2v) is 7.20. The van der Waals surface area contributed by atoms with Gasteiger partial charge < -0.3 is 25.0 Å². The molecule has 3 rings (SSSR count). The molecule has 164 valence electrons. The first-order chi connectivity index (χ1) is 14.2. The number of aliphatic imine (C=N–C) groups is 1. The van der Waals surface area contributed by atoms with Gasteiger partial charge >= 0.3 is 0 Å². The minimum absolute atomic E-state index is 0. The van der Waals surface area contributed by atoms with Crippen LogP contribution in [0.3, 0.4) is 0 Å². The quantitative estimate of drug-likeness (QED) is 0.312. The molecule has 0 saturated carbocycles. The lowest BCUT2D eigenvalue weighted by Gasteiger charge is -2.19. The molecule has 2 aromatic rings. The van der Waals surface area contributed by atoms with Gasteiger partial charge in [0.15, 0.2) is 17.5 Å². The highest BCUT2D eigenvalue weighted by Gasteiger charge is 2.22. The molecule has 1 atom stereocenters. The van der Waals surface area contributed by atoms with Gasteiger partial charge in [-0.15, -0.1) is 24.0 Å². The van der Waals surface area contributed by atoms with E-state index in [2.05, 4.69) is 52.8 Å². The number of rotatable bonds is 8. The molecule has 0 aliphatic carbocycles. The Kier molecular flexibility index (Phi) is 10.1. The molecule has 2 N–H and O–H groups in total. The van der Waals surface area contributed by atoms with Crippen LogP contribution in [0.2, 0.25) is 0 Å². The van der Waals surface area contributed by atoms with Crippen molar-refractivity contribution in [3.8, 4) is 11.5 Å². The Morgan fingerprint density at radius 2 is 1.83 bits per heavy atom. The fourth-order valence-corrected chi connectivity index (χ4v) is 3.60. The molecule has 0 bridgehead atoms. The first kappa shape index (κ1) is 24.1. The summed E-state index contributed by atoms with van der Waals surface area (Å²) >= 11 is 0. The summed E-state index contributed by atoms with van der Waals surface area (Å²) in [5.74, 6) is 2.92. The Bertz CT molecular complexity index is 801. The number of nitrogens with one attached hydrogen (secondary N) is 2. The molecule has 0 amide bonds. The molecule has 2 aromatic carbocycles. The van der Waals surface area contributed by atoms with Crippen molar-refractivity contribution < 1.29 is 9.47 Å². The standard InChI is InChI=1S/C23H32N4O2.HI/c1-4-24-23(25-15-18-10-11-21(28-2)22(14-18)29-3)26-16-19-12-13-27(17-19)20-8-6-5-7-9-20;/h5-11,14,19H,4,12-13,15-17H2,1-3H3,(H2,24,25,26);1H. The molecular formula is C23H33IN4O2. The van der Waals surface area contributed by atoms with Gasteiger partial charge in [0.2, 0.25) is 0 Å². The van der Waals surface area contributed by atoms with E-state index in [1.165, 1.54) is 12.1 Å². The summed E-state index contributed by atoms with van der Waals surface area (Å²) in [5, 5.41) is 6.85. The first-order valence-corrected chi connectivity index (χ1v) is 10.3. The summed E-state index contributed by atoms with van der Waals surface area (Å²) in [6.07, 6.45) is 1.19. The summed E-state index contributed by atoms with van der Waals surface area (Å²) < 4.78 is 10.7. The van der Waals surface area contributed by atoms with Gasteiger partial charge in [0, 0.05) is 31.9 Å². The number of methoxy groups -OCH3 is 2. The molecule has 0 aromatic heterocycles. The van der Waals surface area contributed by atoms with Crippen LogP contribution in [0.25, 0.3) is 0 Å². The topological polar surface area (TPSA) is 58.1 Å². The number of hydrogen-bond acceptors (Lipinski definition) is 4. The summed E-state index contributed by atoms with van der Waals surface area (Å²) in [5.41, 5.74) is 2.39. The van der Waals surface area contributed by atoms with Crippen molar-refractivity contribution in [1.82, 2.24) is 10.6 Å². The van der Waals surface area contributed by atoms with Gasteiger partial charge in [0.25, 0.3) is 0 Å². The van der Waals surface area contributed by atoms with Crippen LogP contribution in [-0.2, 0) is 6.54 Å². The number of benzene rings is 2. The third kappa shape index (κ3) is 6.68. The van der Waals surface area contributed by atoms with Crippen molar-refractivity contribution >= 4 is 35.6 Å². The van der Waals surface area contributed by atoms with Crippen LogP contribution in [0.15, 0.2) is 53.5 Å². The van der Waals surface area contributed by atoms with Gasteiger partial charge in [0.05, 0.1) is 20.8 Å². The zero-order chi connectivity index (χ0) is 20.5. The Balaban J connectivity index is 0.00000320. The van der Waals surface area contributed by atoms with E-state index in [9.17, 15) is 0 Å². The number of guanidine groups is 1. The predicted molar refractivity (Wildman–Crippen MR) is 135 cm³/mol. The fourth-order valence-electron chi connectivity index (χ4n) is 3.60. The van der Waals surface area contributed by atoms with Crippen molar-refractivity contribution in [3.05, 3.63) is 54.1 Å². The predicted octanol–water partition coefficient (Wildman–Crippen LogP) is 3.90. The molecule has 0 radical (unpaired) electrons. The largest absolute Gasteiger partial charge is 0.493 e. The number of ether oxygens (including phenoxy) is 2. The highest BCUT2D eigenvalue weighted by atomic mass is 127. The molecule has 1 heterocycles. The molecule has 0 spiro atoms. The lowest BCUT2D eigenvalue weighted by molar-refractivity contribution is 0.354. The molecule has 6 nitrogen and oxygen atoms in total. The number of nitrogens with zero attached hydrogens (tertiary/aromatic N) is 2. The lowest BCUT2D eigenvalue weighted by atomic mass is 10.1. The van der Waals surface area contributed by atoms with Gasteiger partial charge in [-0.25, -0.2) is 4.99 Å². The number of para-hydroxylation sites is 1. The van der Waals surface area contributed by atoms with Crippen LogP contribution in [0.1, 0.15) is 18.9 Å². The lowest BCUT2D eigenvalue weighted by Crippen LogP contribution is -2.40. The van der Waals surface area contributed by atoms with Gasteiger partial charge in [-0.1, -0.05) is 24.3 Å². The van der Waals surface area contributed by atoms with Gasteiger partial charge in [0.1, 0.15) is 0 Å². The van der Waals surface area contributed by atoms with Crippen molar-refractivity contribution in [3.63, 3.8) is 0 Å². The van der Waals surface area contributed by atoms with E-state index in [1.54, 1.807) is 14.2 Å². The van der Waals surface area contributed by atoms with Crippen molar-refractivity contribution in [1.29, 1.82) is 0 Å². The smallest absolute Gasteiger partial charge is 0.191 e. The molecule has 1 unspecified atom stereocenters. The van der Waals surface area contributed by atoms with Crippen molar-refractivity contribution in [2.45, 2.75) is 19.9 Å². The second-order valence-electron chi connectivity index (χ2n) is 7.20. The van der Waals surface area contributed by atoms with E-state index in [-0.39, 0.29) is 24.0 Å². The SMILES string of the molecule is CCNC(=NCc1ccc(OC)c(OC)c1)NCC1CCN(c2ccccc2)C1.I. The van der Waals surface area contributed by atoms with E-state index in [0.29, 0.717) is 12.5 Å². The summed E-state index contributed by atoms with van der Waals surface area (Å²) in [4.78, 5) is 7.20. The van der Waals surface area contributed by atoms with Crippen LogP contribution >= 0.6 is 24.0 Å². The minimum atomic E-state index is 0. The normalized spacial score (nSPS) is 16.0. The van der Waals surface area contributed by atoms with Gasteiger partial charge in [-0.2, -0.15) is 0 Å². The zero-order valence-electron chi connectivity index (χ0n) is 18.1. The molecule has 1 aliphatic heterocycles. The van der Waals surface area contributed by atoms with Crippen LogP contribution < -0.4 is 25.0 Å². The highest BCUT2D eigenvalue weighted by Crippen LogP contribution is 2.27. The van der Waals surface area contributed by atoms with E-state index >= 15 is 0 Å². The number of anilines is 1. The maximum absolute atomic E-state index is 5.38. The second kappa shape index (κ2) is 12.5. The monoisotopic (exact) mass is 524 g/mol. The van der Waals surface area contributed by atoms with E-state index in [4.69, 9.17) is 14.5 Å². The fraction of sp³-hybridized carbons (Fsp3) is 0.435. The summed E-state index contributed by atoms with van der Waals surface area (Å²) in [7, 11) is 3.29. The Morgan fingerprint density at radius 3 is 2.53 bits per heavy atom. The van der Waals surface area contributed by atoms with Gasteiger partial charge in [-0.3, -0.25) is 0 Å². The van der Waals surface area contributed by atoms with Crippen LogP contribution in [0.4, 0.5) is 5.69 Å². The van der Waals surface area contributed by atoms with Gasteiger partial charge in [-0.05, 0) is 49.1 Å². The summed E-state index contributed by atoms with van der Waals surface area (Å²) in [6, 6.07) is 16.5. The average molecular weight is 524 g/mol. The van der Waals surface area contributed by atoms with Crippen molar-refractivity contribution in [2.75, 3.05) is 45.3 Å². The molecule has 30 heavy (non-hydrogen) atoms. The van der Waals surface area contributed by atoms with E-state index < -0.39 is 0 Å². The van der Waals surface area contributed by atoms with E-state index in [0.717, 1.165) is 49.2 Å². The van der Waals surface area contributed by atoms with Crippen molar-refractivity contribution in [2.24, 2.45) is 10.9 Å². The maximum Gasteiger partial charge on any atom is 0.191 e. The third-order valence-electron chi connectivity index (χ3n) is 5.18. The molecule has 1 saturated heterocycles. The third-order valence-corrected chi connectivity index (χ3v) is 5.18. The zero-order valence-corrected chi connectivity index (χ0v) is 20.4. The average Bonchev–Trinajstić information content (AvgIpc) is 3.25. The summed E-state index contributed by atoms with van der Waals surface area (Å²) in [6.45, 7) is 6.60. The molecular weight excluding hydrogens is 491 g/mol. The van der Waals surface area contributed by atoms with Crippen LogP contribution in [0, 0.1) is 5.92 Å². The maximum atomic E-state index is 5.38. The van der Waals surface area contributed by atoms with Crippen LogP contribution in [-0.4, -0.2) is 46.4 Å². The molecule has 1 aliphatic rings. The molecule has 7 heteroatoms. The highest BCUT2D eigenvalue weighted by molar-refractivity contribution is 14.0. The number of halogens is 1. The minimum Gasteiger partial charge on any atom is -0.493 e. The van der Waals surface area contributed by atoms with E-state index in [1.807, 2.05) is 18.2 Å². The Labute approximate surface area is 197 Å².